The molecular formula is C18H21FN4O2S. The first-order valence-electron chi connectivity index (χ1n) is 8.01. The van der Waals surface area contributed by atoms with Gasteiger partial charge in [0.25, 0.3) is 0 Å². The highest BCUT2D eigenvalue weighted by Gasteiger charge is 2.19. The predicted octanol–water partition coefficient (Wildman–Crippen LogP) is 2.97. The molecule has 138 valence electrons. The lowest BCUT2D eigenvalue weighted by atomic mass is 10.3. The van der Waals surface area contributed by atoms with E-state index in [1.807, 2.05) is 4.57 Å². The summed E-state index contributed by atoms with van der Waals surface area (Å²) < 4.78 is 20.4. The average Bonchev–Trinajstić information content (AvgIpc) is 3.01. The minimum absolute atomic E-state index is 0.104. The highest BCUT2D eigenvalue weighted by molar-refractivity contribution is 8.00. The summed E-state index contributed by atoms with van der Waals surface area (Å²) in [6, 6.07) is 5.75. The lowest BCUT2D eigenvalue weighted by Gasteiger charge is -2.12. The second-order valence-electron chi connectivity index (χ2n) is 5.33. The number of rotatable bonds is 10. The van der Waals surface area contributed by atoms with Gasteiger partial charge in [-0.3, -0.25) is 9.36 Å². The maximum Gasteiger partial charge on any atom is 0.233 e. The van der Waals surface area contributed by atoms with Gasteiger partial charge in [0.15, 0.2) is 11.0 Å². The Labute approximate surface area is 156 Å². The molecule has 0 radical (unpaired) electrons. The molecule has 1 N–H and O–H groups in total. The number of amides is 1. The highest BCUT2D eigenvalue weighted by Crippen LogP contribution is 2.23. The van der Waals surface area contributed by atoms with Crippen molar-refractivity contribution in [2.45, 2.75) is 30.5 Å². The Morgan fingerprint density at radius 1 is 1.35 bits per heavy atom. The average molecular weight is 376 g/mol. The van der Waals surface area contributed by atoms with Crippen molar-refractivity contribution in [3.63, 3.8) is 0 Å². The van der Waals surface area contributed by atoms with E-state index in [2.05, 4.69) is 28.7 Å². The first-order valence-corrected chi connectivity index (χ1v) is 8.89. The first-order chi connectivity index (χ1) is 12.5. The molecule has 1 atom stereocenters. The molecule has 2 rings (SSSR count). The van der Waals surface area contributed by atoms with E-state index in [9.17, 15) is 9.18 Å². The molecule has 0 saturated heterocycles. The summed E-state index contributed by atoms with van der Waals surface area (Å²) in [5.74, 6) is 0.697. The molecule has 0 spiro atoms. The third-order valence-corrected chi connectivity index (χ3v) is 4.44. The number of nitrogens with zero attached hydrogens (tertiary/aromatic N) is 3. The van der Waals surface area contributed by atoms with Crippen molar-refractivity contribution in [2.24, 2.45) is 0 Å². The summed E-state index contributed by atoms with van der Waals surface area (Å²) >= 11 is 1.30. The van der Waals surface area contributed by atoms with Crippen molar-refractivity contribution in [1.82, 2.24) is 20.1 Å². The van der Waals surface area contributed by atoms with Gasteiger partial charge in [0.1, 0.15) is 18.2 Å². The van der Waals surface area contributed by atoms with Gasteiger partial charge in [-0.2, -0.15) is 0 Å². The van der Waals surface area contributed by atoms with E-state index in [4.69, 9.17) is 4.74 Å². The Bertz CT molecular complexity index is 761. The summed E-state index contributed by atoms with van der Waals surface area (Å²) in [5.41, 5.74) is 0. The van der Waals surface area contributed by atoms with Gasteiger partial charge in [0.2, 0.25) is 5.91 Å². The largest absolute Gasteiger partial charge is 0.486 e. The quantitative estimate of drug-likeness (QED) is 0.510. The molecule has 0 aliphatic rings. The van der Waals surface area contributed by atoms with Crippen LogP contribution in [0.1, 0.15) is 12.7 Å². The molecule has 2 aromatic rings. The van der Waals surface area contributed by atoms with Crippen LogP contribution in [0.25, 0.3) is 0 Å². The van der Waals surface area contributed by atoms with Crippen LogP contribution in [0.5, 0.6) is 5.75 Å². The topological polar surface area (TPSA) is 69.0 Å². The Balaban J connectivity index is 2.06. The lowest BCUT2D eigenvalue weighted by molar-refractivity contribution is -0.120. The number of halogens is 1. The van der Waals surface area contributed by atoms with Gasteiger partial charge in [0, 0.05) is 13.1 Å². The second kappa shape index (κ2) is 9.76. The number of carbonyl (C=O) groups is 1. The summed E-state index contributed by atoms with van der Waals surface area (Å²) in [5, 5.41) is 11.3. The molecule has 26 heavy (non-hydrogen) atoms. The summed E-state index contributed by atoms with van der Waals surface area (Å²) in [6.07, 6.45) is 3.34. The van der Waals surface area contributed by atoms with Crippen LogP contribution in [0, 0.1) is 5.82 Å². The molecule has 6 nitrogen and oxygen atoms in total. The van der Waals surface area contributed by atoms with E-state index >= 15 is 0 Å². The maximum absolute atomic E-state index is 12.9. The number of aromatic nitrogens is 3. The number of hydrogen-bond donors (Lipinski definition) is 1. The van der Waals surface area contributed by atoms with Crippen molar-refractivity contribution in [3.8, 4) is 5.75 Å². The van der Waals surface area contributed by atoms with Crippen LogP contribution in [0.4, 0.5) is 4.39 Å². The number of thioether (sulfide) groups is 1. The van der Waals surface area contributed by atoms with Crippen molar-refractivity contribution in [2.75, 3.05) is 6.54 Å². The van der Waals surface area contributed by atoms with Crippen LogP contribution >= 0.6 is 11.8 Å². The molecule has 8 heteroatoms. The Hall–Kier alpha value is -2.61. The highest BCUT2D eigenvalue weighted by atomic mass is 32.2. The van der Waals surface area contributed by atoms with Crippen molar-refractivity contribution < 1.29 is 13.9 Å². The van der Waals surface area contributed by atoms with E-state index in [-0.39, 0.29) is 23.6 Å². The van der Waals surface area contributed by atoms with E-state index in [0.717, 1.165) is 0 Å². The maximum atomic E-state index is 12.9. The molecule has 0 unspecified atom stereocenters. The van der Waals surface area contributed by atoms with Gasteiger partial charge in [0.05, 0.1) is 5.25 Å². The van der Waals surface area contributed by atoms with Crippen LogP contribution in [0.2, 0.25) is 0 Å². The van der Waals surface area contributed by atoms with Crippen molar-refractivity contribution >= 4 is 17.7 Å². The van der Waals surface area contributed by atoms with E-state index in [1.165, 1.54) is 23.9 Å². The number of allylic oxidation sites excluding steroid dienone is 1. The van der Waals surface area contributed by atoms with Gasteiger partial charge in [-0.05, 0) is 31.2 Å². The first kappa shape index (κ1) is 19.7. The normalized spacial score (nSPS) is 11.6. The molecule has 0 bridgehead atoms. The summed E-state index contributed by atoms with van der Waals surface area (Å²) in [7, 11) is 0. The van der Waals surface area contributed by atoms with Crippen LogP contribution in [-0.2, 0) is 17.9 Å². The minimum Gasteiger partial charge on any atom is -0.486 e. The minimum atomic E-state index is -0.339. The molecular weight excluding hydrogens is 355 g/mol. The molecule has 1 amide bonds. The number of carbonyl (C=O) groups excluding carboxylic acids is 1. The van der Waals surface area contributed by atoms with Gasteiger partial charge in [-0.15, -0.1) is 23.4 Å². The molecule has 1 heterocycles. The Morgan fingerprint density at radius 3 is 2.73 bits per heavy atom. The monoisotopic (exact) mass is 376 g/mol. The zero-order valence-electron chi connectivity index (χ0n) is 14.5. The smallest absolute Gasteiger partial charge is 0.233 e. The van der Waals surface area contributed by atoms with Gasteiger partial charge >= 0.3 is 0 Å². The SMILES string of the molecule is C=CCNC(=O)[C@H](C)Sc1nnc(COc2ccc(F)cc2)n1CC=C. The lowest BCUT2D eigenvalue weighted by Crippen LogP contribution is -2.31. The third kappa shape index (κ3) is 5.45. The predicted molar refractivity (Wildman–Crippen MR) is 99.5 cm³/mol. The molecule has 0 fully saturated rings. The van der Waals surface area contributed by atoms with E-state index in [1.54, 1.807) is 31.2 Å². The fourth-order valence-corrected chi connectivity index (χ4v) is 2.93. The van der Waals surface area contributed by atoms with Gasteiger partial charge < -0.3 is 10.1 Å². The van der Waals surface area contributed by atoms with Crippen LogP contribution in [-0.4, -0.2) is 32.5 Å². The van der Waals surface area contributed by atoms with Crippen LogP contribution in [0.3, 0.4) is 0 Å². The van der Waals surface area contributed by atoms with Gasteiger partial charge in [-0.25, -0.2) is 4.39 Å². The van der Waals surface area contributed by atoms with Crippen LogP contribution < -0.4 is 10.1 Å². The molecule has 0 aliphatic carbocycles. The Morgan fingerprint density at radius 2 is 2.08 bits per heavy atom. The van der Waals surface area contributed by atoms with Crippen molar-refractivity contribution in [1.29, 1.82) is 0 Å². The third-order valence-electron chi connectivity index (χ3n) is 3.36. The van der Waals surface area contributed by atoms with Crippen LogP contribution in [0.15, 0.2) is 54.7 Å². The second-order valence-corrected chi connectivity index (χ2v) is 6.64. The van der Waals surface area contributed by atoms with Crippen molar-refractivity contribution in [3.05, 3.63) is 61.2 Å². The zero-order valence-corrected chi connectivity index (χ0v) is 15.3. The molecule has 1 aromatic heterocycles. The number of benzene rings is 1. The summed E-state index contributed by atoms with van der Waals surface area (Å²) in [6.45, 7) is 10.2. The van der Waals surface area contributed by atoms with E-state index in [0.29, 0.717) is 29.8 Å². The van der Waals surface area contributed by atoms with Gasteiger partial charge in [-0.1, -0.05) is 23.9 Å². The Kier molecular flexibility index (Phi) is 7.40. The molecule has 0 aliphatic heterocycles. The molecule has 0 saturated carbocycles. The zero-order chi connectivity index (χ0) is 18.9. The fraction of sp³-hybridized carbons (Fsp3) is 0.278. The number of nitrogens with one attached hydrogen (secondary N) is 1. The number of ether oxygens (including phenoxy) is 1. The van der Waals surface area contributed by atoms with E-state index < -0.39 is 0 Å². The standard InChI is InChI=1S/C18H21FN4O2S/c1-4-10-20-17(24)13(3)26-18-22-21-16(23(18)11-5-2)12-25-15-8-6-14(19)7-9-15/h4-9,13H,1-2,10-12H2,3H3,(H,20,24)/t13-/m0/s1. The fourth-order valence-electron chi connectivity index (χ4n) is 2.03. The molecule has 1 aromatic carbocycles. The number of hydrogen-bond acceptors (Lipinski definition) is 5. The summed E-state index contributed by atoms with van der Waals surface area (Å²) in [4.78, 5) is 12.0.